The molecule has 1 saturated heterocycles. The topological polar surface area (TPSA) is 44.4 Å². The SMILES string of the molecule is Cl.O=C(NCCN1CCNCC1)c1cccc(Br)c1. The first-order chi connectivity index (χ1) is 8.75. The molecule has 1 aliphatic rings. The Bertz CT molecular complexity index is 411. The van der Waals surface area contributed by atoms with Gasteiger partial charge in [0.1, 0.15) is 0 Å². The van der Waals surface area contributed by atoms with Crippen molar-refractivity contribution in [1.82, 2.24) is 15.5 Å². The number of carbonyl (C=O) groups is 1. The van der Waals surface area contributed by atoms with Crippen LogP contribution in [0.5, 0.6) is 0 Å². The highest BCUT2D eigenvalue weighted by Crippen LogP contribution is 2.11. The van der Waals surface area contributed by atoms with Crippen LogP contribution in [0.2, 0.25) is 0 Å². The third kappa shape index (κ3) is 5.48. The van der Waals surface area contributed by atoms with Gasteiger partial charge in [0.15, 0.2) is 0 Å². The predicted molar refractivity (Wildman–Crippen MR) is 83.0 cm³/mol. The molecule has 0 unspecified atom stereocenters. The maximum atomic E-state index is 11.9. The Hall–Kier alpha value is -0.620. The first kappa shape index (κ1) is 16.4. The number of hydrogen-bond donors (Lipinski definition) is 2. The molecule has 4 nitrogen and oxygen atoms in total. The van der Waals surface area contributed by atoms with E-state index in [4.69, 9.17) is 0 Å². The van der Waals surface area contributed by atoms with Crippen LogP contribution in [0, 0.1) is 0 Å². The van der Waals surface area contributed by atoms with Gasteiger partial charge in [0.25, 0.3) is 5.91 Å². The summed E-state index contributed by atoms with van der Waals surface area (Å²) in [6.07, 6.45) is 0. The van der Waals surface area contributed by atoms with Crippen molar-refractivity contribution < 1.29 is 4.79 Å². The minimum Gasteiger partial charge on any atom is -0.351 e. The van der Waals surface area contributed by atoms with E-state index in [-0.39, 0.29) is 18.3 Å². The summed E-state index contributed by atoms with van der Waals surface area (Å²) < 4.78 is 0.928. The molecule has 0 aliphatic carbocycles. The maximum Gasteiger partial charge on any atom is 0.251 e. The Kier molecular flexibility index (Phi) is 7.38. The number of benzene rings is 1. The zero-order chi connectivity index (χ0) is 12.8. The van der Waals surface area contributed by atoms with Gasteiger partial charge in [-0.25, -0.2) is 0 Å². The fourth-order valence-electron chi connectivity index (χ4n) is 1.99. The molecule has 1 aromatic carbocycles. The molecule has 0 bridgehead atoms. The van der Waals surface area contributed by atoms with Gasteiger partial charge in [-0.2, -0.15) is 0 Å². The third-order valence-electron chi connectivity index (χ3n) is 3.01. The lowest BCUT2D eigenvalue weighted by molar-refractivity contribution is 0.0947. The lowest BCUT2D eigenvalue weighted by atomic mass is 10.2. The van der Waals surface area contributed by atoms with Crippen molar-refractivity contribution in [1.29, 1.82) is 0 Å². The number of rotatable bonds is 4. The van der Waals surface area contributed by atoms with Gasteiger partial charge >= 0.3 is 0 Å². The minimum absolute atomic E-state index is 0. The Labute approximate surface area is 128 Å². The van der Waals surface area contributed by atoms with E-state index in [0.717, 1.165) is 37.2 Å². The fourth-order valence-corrected chi connectivity index (χ4v) is 2.39. The van der Waals surface area contributed by atoms with E-state index in [1.165, 1.54) is 0 Å². The van der Waals surface area contributed by atoms with E-state index in [9.17, 15) is 4.79 Å². The second-order valence-corrected chi connectivity index (χ2v) is 5.27. The molecule has 0 radical (unpaired) electrons. The van der Waals surface area contributed by atoms with E-state index in [0.29, 0.717) is 12.1 Å². The number of halogens is 2. The van der Waals surface area contributed by atoms with Crippen LogP contribution >= 0.6 is 28.3 Å². The van der Waals surface area contributed by atoms with Crippen molar-refractivity contribution in [3.05, 3.63) is 34.3 Å². The van der Waals surface area contributed by atoms with Crippen LogP contribution in [-0.4, -0.2) is 50.1 Å². The van der Waals surface area contributed by atoms with E-state index in [2.05, 4.69) is 31.5 Å². The fraction of sp³-hybridized carbons (Fsp3) is 0.462. The number of nitrogens with one attached hydrogen (secondary N) is 2. The second-order valence-electron chi connectivity index (χ2n) is 4.36. The van der Waals surface area contributed by atoms with Gasteiger partial charge in [-0.15, -0.1) is 12.4 Å². The molecular formula is C13H19BrClN3O. The third-order valence-corrected chi connectivity index (χ3v) is 3.50. The van der Waals surface area contributed by atoms with Crippen molar-refractivity contribution in [3.63, 3.8) is 0 Å². The molecule has 1 aromatic rings. The summed E-state index contributed by atoms with van der Waals surface area (Å²) in [6, 6.07) is 7.44. The molecule has 2 rings (SSSR count). The number of carbonyl (C=O) groups excluding carboxylic acids is 1. The summed E-state index contributed by atoms with van der Waals surface area (Å²) in [5, 5.41) is 6.26. The molecule has 0 aromatic heterocycles. The van der Waals surface area contributed by atoms with Crippen LogP contribution in [0.25, 0.3) is 0 Å². The molecular weight excluding hydrogens is 330 g/mol. The largest absolute Gasteiger partial charge is 0.351 e. The molecule has 0 saturated carbocycles. The molecule has 1 aliphatic heterocycles. The van der Waals surface area contributed by atoms with E-state index >= 15 is 0 Å². The number of piperazine rings is 1. The summed E-state index contributed by atoms with van der Waals surface area (Å²) >= 11 is 3.37. The monoisotopic (exact) mass is 347 g/mol. The normalized spacial score (nSPS) is 15.6. The lowest BCUT2D eigenvalue weighted by Crippen LogP contribution is -2.46. The van der Waals surface area contributed by atoms with Gasteiger partial charge in [-0.1, -0.05) is 22.0 Å². The van der Waals surface area contributed by atoms with Crippen LogP contribution in [0.1, 0.15) is 10.4 Å². The molecule has 1 fully saturated rings. The average molecular weight is 349 g/mol. The lowest BCUT2D eigenvalue weighted by Gasteiger charge is -2.27. The highest BCUT2D eigenvalue weighted by Gasteiger charge is 2.10. The molecule has 1 heterocycles. The predicted octanol–water partition coefficient (Wildman–Crippen LogP) is 1.51. The molecule has 1 amide bonds. The highest BCUT2D eigenvalue weighted by molar-refractivity contribution is 9.10. The molecule has 106 valence electrons. The van der Waals surface area contributed by atoms with E-state index < -0.39 is 0 Å². The summed E-state index contributed by atoms with van der Waals surface area (Å²) in [6.45, 7) is 5.82. The molecule has 0 spiro atoms. The molecule has 6 heteroatoms. The summed E-state index contributed by atoms with van der Waals surface area (Å²) in [5.74, 6) is -0.00793. The first-order valence-electron chi connectivity index (χ1n) is 6.22. The Balaban J connectivity index is 0.00000180. The van der Waals surface area contributed by atoms with Crippen molar-refractivity contribution >= 4 is 34.2 Å². The van der Waals surface area contributed by atoms with Crippen molar-refractivity contribution in [2.75, 3.05) is 39.3 Å². The first-order valence-corrected chi connectivity index (χ1v) is 7.02. The summed E-state index contributed by atoms with van der Waals surface area (Å²) in [7, 11) is 0. The Morgan fingerprint density at radius 2 is 2.11 bits per heavy atom. The Morgan fingerprint density at radius 3 is 2.79 bits per heavy atom. The van der Waals surface area contributed by atoms with Crippen LogP contribution < -0.4 is 10.6 Å². The van der Waals surface area contributed by atoms with Gasteiger partial charge in [0.2, 0.25) is 0 Å². The minimum atomic E-state index is -0.00793. The van der Waals surface area contributed by atoms with Gasteiger partial charge in [-0.05, 0) is 18.2 Å². The molecule has 2 N–H and O–H groups in total. The zero-order valence-corrected chi connectivity index (χ0v) is 13.1. The number of nitrogens with zero attached hydrogens (tertiary/aromatic N) is 1. The Morgan fingerprint density at radius 1 is 1.37 bits per heavy atom. The van der Waals surface area contributed by atoms with Crippen molar-refractivity contribution in [2.45, 2.75) is 0 Å². The van der Waals surface area contributed by atoms with Crippen LogP contribution in [0.3, 0.4) is 0 Å². The maximum absolute atomic E-state index is 11.9. The van der Waals surface area contributed by atoms with E-state index in [1.807, 2.05) is 24.3 Å². The average Bonchev–Trinajstić information content (AvgIpc) is 2.40. The van der Waals surface area contributed by atoms with Crippen LogP contribution in [0.15, 0.2) is 28.7 Å². The molecule has 19 heavy (non-hydrogen) atoms. The zero-order valence-electron chi connectivity index (χ0n) is 10.7. The van der Waals surface area contributed by atoms with Crippen LogP contribution in [-0.2, 0) is 0 Å². The van der Waals surface area contributed by atoms with E-state index in [1.54, 1.807) is 0 Å². The summed E-state index contributed by atoms with van der Waals surface area (Å²) in [5.41, 5.74) is 0.699. The van der Waals surface area contributed by atoms with Gasteiger partial charge in [0, 0.05) is 49.3 Å². The van der Waals surface area contributed by atoms with Crippen molar-refractivity contribution in [2.24, 2.45) is 0 Å². The number of hydrogen-bond acceptors (Lipinski definition) is 3. The van der Waals surface area contributed by atoms with Gasteiger partial charge < -0.3 is 10.6 Å². The quantitative estimate of drug-likeness (QED) is 0.867. The molecule has 0 atom stereocenters. The van der Waals surface area contributed by atoms with Gasteiger partial charge in [0.05, 0.1) is 0 Å². The number of amides is 1. The smallest absolute Gasteiger partial charge is 0.251 e. The summed E-state index contributed by atoms with van der Waals surface area (Å²) in [4.78, 5) is 14.2. The van der Waals surface area contributed by atoms with Crippen LogP contribution in [0.4, 0.5) is 0 Å². The second kappa shape index (κ2) is 8.53. The standard InChI is InChI=1S/C13H18BrN3O.ClH/c14-12-3-1-2-11(10-12)13(18)16-6-9-17-7-4-15-5-8-17;/h1-3,10,15H,4-9H2,(H,16,18);1H. The van der Waals surface area contributed by atoms with Crippen molar-refractivity contribution in [3.8, 4) is 0 Å². The van der Waals surface area contributed by atoms with Gasteiger partial charge in [-0.3, -0.25) is 9.69 Å². The highest BCUT2D eigenvalue weighted by atomic mass is 79.9.